The Labute approximate surface area is 211 Å². The van der Waals surface area contributed by atoms with Gasteiger partial charge >= 0.3 is 5.97 Å². The van der Waals surface area contributed by atoms with E-state index in [0.717, 1.165) is 17.5 Å². The van der Waals surface area contributed by atoms with E-state index in [1.807, 2.05) is 6.92 Å². The highest BCUT2D eigenvalue weighted by molar-refractivity contribution is 8.00. The molecule has 35 heavy (non-hydrogen) atoms. The molecule has 0 aliphatic heterocycles. The Bertz CT molecular complexity index is 1320. The molecule has 2 aromatic heterocycles. The summed E-state index contributed by atoms with van der Waals surface area (Å²) in [5.41, 5.74) is 5.09. The molecule has 1 amide bonds. The van der Waals surface area contributed by atoms with Gasteiger partial charge < -0.3 is 13.9 Å². The molecule has 0 atom stereocenters. The Balaban J connectivity index is 1.62. The number of benzene rings is 1. The van der Waals surface area contributed by atoms with Crippen molar-refractivity contribution in [1.82, 2.24) is 10.4 Å². The van der Waals surface area contributed by atoms with Gasteiger partial charge in [-0.15, -0.1) is 0 Å². The van der Waals surface area contributed by atoms with Crippen molar-refractivity contribution in [3.05, 3.63) is 69.6 Å². The van der Waals surface area contributed by atoms with Crippen molar-refractivity contribution in [3.63, 3.8) is 0 Å². The minimum absolute atomic E-state index is 0.00816. The van der Waals surface area contributed by atoms with Crippen LogP contribution >= 0.6 is 23.4 Å². The molecule has 0 radical (unpaired) electrons. The van der Waals surface area contributed by atoms with E-state index in [0.29, 0.717) is 43.8 Å². The number of furan rings is 1. The number of esters is 1. The second-order valence-corrected chi connectivity index (χ2v) is 8.49. The van der Waals surface area contributed by atoms with Crippen molar-refractivity contribution >= 4 is 41.5 Å². The summed E-state index contributed by atoms with van der Waals surface area (Å²) < 4.78 is 15.6. The zero-order valence-electron chi connectivity index (χ0n) is 19.1. The van der Waals surface area contributed by atoms with Gasteiger partial charge in [0, 0.05) is 18.4 Å². The number of rotatable bonds is 9. The summed E-state index contributed by atoms with van der Waals surface area (Å²) in [5, 5.41) is 14.2. The van der Waals surface area contributed by atoms with Crippen molar-refractivity contribution in [3.8, 4) is 17.4 Å². The maximum absolute atomic E-state index is 12.2. The lowest BCUT2D eigenvalue weighted by Crippen LogP contribution is -2.19. The number of halogens is 1. The predicted molar refractivity (Wildman–Crippen MR) is 131 cm³/mol. The van der Waals surface area contributed by atoms with E-state index < -0.39 is 5.97 Å². The summed E-state index contributed by atoms with van der Waals surface area (Å²) >= 11 is 7.38. The van der Waals surface area contributed by atoms with Gasteiger partial charge in [0.05, 0.1) is 41.8 Å². The van der Waals surface area contributed by atoms with Crippen molar-refractivity contribution in [2.24, 2.45) is 5.10 Å². The third-order valence-electron chi connectivity index (χ3n) is 4.61. The summed E-state index contributed by atoms with van der Waals surface area (Å²) in [7, 11) is 2.84. The SMILES string of the molecule is COCc1cc(C)nc(SCC(=O)N/N=C\c2ccc(-c3cc(C(=O)OC)ccc3Cl)o2)c1C#N. The maximum Gasteiger partial charge on any atom is 0.337 e. The Morgan fingerprint density at radius 1 is 1.29 bits per heavy atom. The van der Waals surface area contributed by atoms with Gasteiger partial charge in [0.1, 0.15) is 22.6 Å². The van der Waals surface area contributed by atoms with Crippen LogP contribution in [-0.2, 0) is 20.9 Å². The van der Waals surface area contributed by atoms with Crippen LogP contribution in [0, 0.1) is 18.3 Å². The number of hydrazone groups is 1. The van der Waals surface area contributed by atoms with Gasteiger partial charge in [-0.05, 0) is 48.9 Å². The predicted octanol–water partition coefficient (Wildman–Crippen LogP) is 4.35. The van der Waals surface area contributed by atoms with Crippen molar-refractivity contribution in [2.75, 3.05) is 20.0 Å². The number of ether oxygens (including phenoxy) is 2. The first-order chi connectivity index (χ1) is 16.9. The van der Waals surface area contributed by atoms with Crippen molar-refractivity contribution in [1.29, 1.82) is 5.26 Å². The molecule has 0 aliphatic carbocycles. The van der Waals surface area contributed by atoms with E-state index >= 15 is 0 Å². The molecule has 0 spiro atoms. The number of methoxy groups -OCH3 is 2. The summed E-state index contributed by atoms with van der Waals surface area (Å²) in [5.74, 6) is -0.0787. The largest absolute Gasteiger partial charge is 0.465 e. The third kappa shape index (κ3) is 6.70. The van der Waals surface area contributed by atoms with Crippen LogP contribution in [0.3, 0.4) is 0 Å². The first-order valence-electron chi connectivity index (χ1n) is 10.2. The summed E-state index contributed by atoms with van der Waals surface area (Å²) in [6.45, 7) is 2.09. The number of nitrogens with one attached hydrogen (secondary N) is 1. The van der Waals surface area contributed by atoms with E-state index in [9.17, 15) is 14.9 Å². The molecule has 1 N–H and O–H groups in total. The highest BCUT2D eigenvalue weighted by Gasteiger charge is 2.15. The third-order valence-corrected chi connectivity index (χ3v) is 5.91. The topological polar surface area (TPSA) is 127 Å². The molecule has 3 rings (SSSR count). The number of thioether (sulfide) groups is 1. The molecular formula is C24H21ClN4O5S. The van der Waals surface area contributed by atoms with Gasteiger partial charge in [0.15, 0.2) is 0 Å². The van der Waals surface area contributed by atoms with Gasteiger partial charge in [0.2, 0.25) is 5.91 Å². The fraction of sp³-hybridized carbons (Fsp3) is 0.208. The van der Waals surface area contributed by atoms with Crippen LogP contribution in [0.25, 0.3) is 11.3 Å². The van der Waals surface area contributed by atoms with Crippen LogP contribution in [0.2, 0.25) is 5.02 Å². The molecule has 0 aliphatic rings. The van der Waals surface area contributed by atoms with E-state index in [4.69, 9.17) is 25.5 Å². The lowest BCUT2D eigenvalue weighted by Gasteiger charge is -2.09. The molecule has 2 heterocycles. The number of amides is 1. The molecular weight excluding hydrogens is 492 g/mol. The highest BCUT2D eigenvalue weighted by atomic mass is 35.5. The molecule has 11 heteroatoms. The zero-order chi connectivity index (χ0) is 25.4. The van der Waals surface area contributed by atoms with Crippen molar-refractivity contribution in [2.45, 2.75) is 18.6 Å². The molecule has 0 fully saturated rings. The number of hydrogen-bond acceptors (Lipinski definition) is 9. The second kappa shape index (κ2) is 12.2. The van der Waals surface area contributed by atoms with Gasteiger partial charge in [-0.3, -0.25) is 4.79 Å². The number of pyridine rings is 1. The van der Waals surface area contributed by atoms with Gasteiger partial charge in [-0.1, -0.05) is 23.4 Å². The van der Waals surface area contributed by atoms with Crippen LogP contribution in [0.15, 0.2) is 50.9 Å². The van der Waals surface area contributed by atoms with Crippen LogP contribution in [0.1, 0.15) is 32.9 Å². The number of nitriles is 1. The van der Waals surface area contributed by atoms with Gasteiger partial charge in [-0.2, -0.15) is 10.4 Å². The Kier molecular flexibility index (Phi) is 9.03. The van der Waals surface area contributed by atoms with Gasteiger partial charge in [-0.25, -0.2) is 15.2 Å². The number of aryl methyl sites for hydroxylation is 1. The minimum Gasteiger partial charge on any atom is -0.465 e. The first kappa shape index (κ1) is 26.0. The first-order valence-corrected chi connectivity index (χ1v) is 11.5. The number of carbonyl (C=O) groups is 2. The van der Waals surface area contributed by atoms with Crippen LogP contribution in [-0.4, -0.2) is 43.0 Å². The molecule has 0 bridgehead atoms. The van der Waals surface area contributed by atoms with E-state index in [-0.39, 0.29) is 18.3 Å². The monoisotopic (exact) mass is 512 g/mol. The Morgan fingerprint density at radius 2 is 2.09 bits per heavy atom. The molecule has 9 nitrogen and oxygen atoms in total. The molecule has 0 saturated carbocycles. The summed E-state index contributed by atoms with van der Waals surface area (Å²) in [4.78, 5) is 28.4. The van der Waals surface area contributed by atoms with Crippen molar-refractivity contribution < 1.29 is 23.5 Å². The fourth-order valence-electron chi connectivity index (χ4n) is 3.06. The average molecular weight is 513 g/mol. The van der Waals surface area contributed by atoms with E-state index in [1.54, 1.807) is 43.5 Å². The Morgan fingerprint density at radius 3 is 2.80 bits per heavy atom. The van der Waals surface area contributed by atoms with Crippen LogP contribution in [0.5, 0.6) is 0 Å². The summed E-state index contributed by atoms with van der Waals surface area (Å²) in [6, 6.07) is 11.9. The zero-order valence-corrected chi connectivity index (χ0v) is 20.7. The number of hydrogen-bond donors (Lipinski definition) is 1. The highest BCUT2D eigenvalue weighted by Crippen LogP contribution is 2.30. The molecule has 1 aromatic carbocycles. The van der Waals surface area contributed by atoms with Crippen LogP contribution in [0.4, 0.5) is 0 Å². The minimum atomic E-state index is -0.491. The standard InChI is InChI=1S/C24H21ClN4O5S/c1-14-8-16(12-32-2)19(10-26)23(28-14)35-13-22(30)29-27-11-17-5-7-21(34-17)18-9-15(24(31)33-3)4-6-20(18)25/h4-9,11H,12-13H2,1-3H3,(H,29,30)/b27-11-. The maximum atomic E-state index is 12.2. The Hall–Kier alpha value is -3.65. The van der Waals surface area contributed by atoms with E-state index in [1.165, 1.54) is 13.3 Å². The average Bonchev–Trinajstić information content (AvgIpc) is 3.31. The van der Waals surface area contributed by atoms with Crippen LogP contribution < -0.4 is 5.43 Å². The number of aromatic nitrogens is 1. The second-order valence-electron chi connectivity index (χ2n) is 7.12. The molecule has 0 unspecified atom stereocenters. The quantitative estimate of drug-likeness (QED) is 0.194. The fourth-order valence-corrected chi connectivity index (χ4v) is 4.14. The molecule has 180 valence electrons. The lowest BCUT2D eigenvalue weighted by atomic mass is 10.1. The lowest BCUT2D eigenvalue weighted by molar-refractivity contribution is -0.118. The summed E-state index contributed by atoms with van der Waals surface area (Å²) in [6.07, 6.45) is 1.34. The molecule has 3 aromatic rings. The number of carbonyl (C=O) groups excluding carboxylic acids is 2. The van der Waals surface area contributed by atoms with Gasteiger partial charge in [0.25, 0.3) is 0 Å². The normalized spacial score (nSPS) is 10.8. The van der Waals surface area contributed by atoms with E-state index in [2.05, 4.69) is 21.6 Å². The number of nitrogens with zero attached hydrogens (tertiary/aromatic N) is 3. The molecule has 0 saturated heterocycles. The smallest absolute Gasteiger partial charge is 0.337 e.